The zero-order chi connectivity index (χ0) is 11.7. The summed E-state index contributed by atoms with van der Waals surface area (Å²) in [7, 11) is 0. The van der Waals surface area contributed by atoms with Gasteiger partial charge in [0.05, 0.1) is 6.61 Å². The van der Waals surface area contributed by atoms with E-state index >= 15 is 0 Å². The van der Waals surface area contributed by atoms with Gasteiger partial charge in [-0.15, -0.1) is 0 Å². The van der Waals surface area contributed by atoms with Gasteiger partial charge < -0.3 is 4.74 Å². The van der Waals surface area contributed by atoms with E-state index in [4.69, 9.17) is 4.74 Å². The van der Waals surface area contributed by atoms with Crippen LogP contribution in [0.15, 0.2) is 48.0 Å². The minimum Gasteiger partial charge on any atom is -0.462 e. The molecule has 2 aromatic rings. The first kappa shape index (κ1) is 10.1. The first-order valence-corrected chi connectivity index (χ1v) is 5.70. The van der Waals surface area contributed by atoms with Crippen molar-refractivity contribution in [3.05, 3.63) is 53.6 Å². The summed E-state index contributed by atoms with van der Waals surface area (Å²) in [6.45, 7) is 0.509. The van der Waals surface area contributed by atoms with E-state index in [1.165, 1.54) is 10.8 Å². The Bertz CT molecular complexity index is 606. The summed E-state index contributed by atoms with van der Waals surface area (Å²) in [4.78, 5) is 11.4. The Morgan fingerprint density at radius 2 is 1.88 bits per heavy atom. The van der Waals surface area contributed by atoms with E-state index in [1.54, 1.807) is 0 Å². The lowest BCUT2D eigenvalue weighted by molar-refractivity contribution is -0.134. The van der Waals surface area contributed by atoms with Crippen LogP contribution < -0.4 is 0 Å². The van der Waals surface area contributed by atoms with Crippen LogP contribution in [0.5, 0.6) is 0 Å². The predicted octanol–water partition coefficient (Wildman–Crippen LogP) is 3.17. The molecule has 1 aliphatic heterocycles. The van der Waals surface area contributed by atoms with E-state index in [0.717, 1.165) is 11.1 Å². The highest BCUT2D eigenvalue weighted by atomic mass is 16.5. The summed E-state index contributed by atoms with van der Waals surface area (Å²) in [5.41, 5.74) is 1.85. The fourth-order valence-corrected chi connectivity index (χ4v) is 2.14. The zero-order valence-corrected chi connectivity index (χ0v) is 9.35. The largest absolute Gasteiger partial charge is 0.462 e. The maximum Gasteiger partial charge on any atom is 0.334 e. The quantitative estimate of drug-likeness (QED) is 0.549. The molecule has 0 bridgehead atoms. The normalized spacial score (nSPS) is 17.6. The van der Waals surface area contributed by atoms with Crippen molar-refractivity contribution in [1.82, 2.24) is 0 Å². The molecule has 17 heavy (non-hydrogen) atoms. The third kappa shape index (κ3) is 1.82. The van der Waals surface area contributed by atoms with Crippen molar-refractivity contribution in [2.45, 2.75) is 6.42 Å². The second kappa shape index (κ2) is 4.06. The third-order valence-electron chi connectivity index (χ3n) is 3.02. The Labute approximate surface area is 99.5 Å². The summed E-state index contributed by atoms with van der Waals surface area (Å²) in [6.07, 6.45) is 2.65. The third-order valence-corrected chi connectivity index (χ3v) is 3.02. The molecule has 1 aliphatic rings. The fourth-order valence-electron chi connectivity index (χ4n) is 2.14. The van der Waals surface area contributed by atoms with Crippen LogP contribution in [0.2, 0.25) is 0 Å². The Morgan fingerprint density at radius 1 is 1.06 bits per heavy atom. The van der Waals surface area contributed by atoms with Crippen molar-refractivity contribution >= 4 is 22.8 Å². The molecule has 0 N–H and O–H groups in total. The van der Waals surface area contributed by atoms with Gasteiger partial charge >= 0.3 is 5.97 Å². The molecular formula is C15H12O2. The van der Waals surface area contributed by atoms with Gasteiger partial charge in [0.2, 0.25) is 0 Å². The smallest absolute Gasteiger partial charge is 0.334 e. The van der Waals surface area contributed by atoms with E-state index in [0.29, 0.717) is 13.0 Å². The van der Waals surface area contributed by atoms with Crippen LogP contribution in [-0.2, 0) is 9.53 Å². The highest BCUT2D eigenvalue weighted by Gasteiger charge is 2.18. The van der Waals surface area contributed by atoms with Gasteiger partial charge in [-0.05, 0) is 22.4 Å². The van der Waals surface area contributed by atoms with Crippen LogP contribution in [0.1, 0.15) is 12.0 Å². The molecule has 3 rings (SSSR count). The van der Waals surface area contributed by atoms with Gasteiger partial charge in [-0.2, -0.15) is 0 Å². The Balaban J connectivity index is 2.15. The van der Waals surface area contributed by atoms with Crippen LogP contribution >= 0.6 is 0 Å². The molecule has 0 amide bonds. The number of hydrogen-bond acceptors (Lipinski definition) is 2. The van der Waals surface area contributed by atoms with Gasteiger partial charge in [0.25, 0.3) is 0 Å². The van der Waals surface area contributed by atoms with E-state index in [2.05, 4.69) is 18.2 Å². The van der Waals surface area contributed by atoms with Gasteiger partial charge in [0.15, 0.2) is 0 Å². The van der Waals surface area contributed by atoms with E-state index < -0.39 is 0 Å². The van der Waals surface area contributed by atoms with Gasteiger partial charge in [-0.3, -0.25) is 0 Å². The lowest BCUT2D eigenvalue weighted by Crippen LogP contribution is -1.94. The van der Waals surface area contributed by atoms with Crippen molar-refractivity contribution in [1.29, 1.82) is 0 Å². The molecule has 2 nitrogen and oxygen atoms in total. The van der Waals surface area contributed by atoms with Crippen LogP contribution in [0.4, 0.5) is 0 Å². The van der Waals surface area contributed by atoms with E-state index in [9.17, 15) is 4.79 Å². The molecule has 2 aromatic carbocycles. The predicted molar refractivity (Wildman–Crippen MR) is 67.5 cm³/mol. The molecule has 1 saturated heterocycles. The first-order chi connectivity index (χ1) is 8.34. The summed E-state index contributed by atoms with van der Waals surface area (Å²) in [5, 5.41) is 2.36. The number of fused-ring (bicyclic) bond motifs is 1. The average molecular weight is 224 g/mol. The zero-order valence-electron chi connectivity index (χ0n) is 9.35. The molecule has 0 saturated carbocycles. The van der Waals surface area contributed by atoms with Crippen LogP contribution in [0.3, 0.4) is 0 Å². The number of rotatable bonds is 1. The lowest BCUT2D eigenvalue weighted by Gasteiger charge is -2.02. The molecule has 0 aliphatic carbocycles. The van der Waals surface area contributed by atoms with Crippen LogP contribution in [-0.4, -0.2) is 12.6 Å². The second-order valence-electron chi connectivity index (χ2n) is 4.12. The molecule has 84 valence electrons. The monoisotopic (exact) mass is 224 g/mol. The molecule has 0 aromatic heterocycles. The van der Waals surface area contributed by atoms with Crippen LogP contribution in [0, 0.1) is 0 Å². The Morgan fingerprint density at radius 3 is 2.71 bits per heavy atom. The topological polar surface area (TPSA) is 26.3 Å². The van der Waals surface area contributed by atoms with Crippen molar-refractivity contribution in [3.8, 4) is 0 Å². The molecule has 0 spiro atoms. The van der Waals surface area contributed by atoms with Crippen LogP contribution in [0.25, 0.3) is 16.8 Å². The molecule has 0 atom stereocenters. The van der Waals surface area contributed by atoms with Gasteiger partial charge in [0, 0.05) is 12.0 Å². The van der Waals surface area contributed by atoms with E-state index in [-0.39, 0.29) is 5.97 Å². The Kier molecular flexibility index (Phi) is 2.41. The van der Waals surface area contributed by atoms with Gasteiger partial charge in [-0.1, -0.05) is 42.5 Å². The molecule has 2 heteroatoms. The molecular weight excluding hydrogens is 212 g/mol. The SMILES string of the molecule is O=C1OCC/C1=C/c1cccc2ccccc12. The number of benzene rings is 2. The number of ether oxygens (including phenoxy) is 1. The highest BCUT2D eigenvalue weighted by Crippen LogP contribution is 2.23. The number of carbonyl (C=O) groups excluding carboxylic acids is 1. The lowest BCUT2D eigenvalue weighted by atomic mass is 10.0. The summed E-state index contributed by atoms with van der Waals surface area (Å²) >= 11 is 0. The van der Waals surface area contributed by atoms with Crippen molar-refractivity contribution in [2.75, 3.05) is 6.61 Å². The fraction of sp³-hybridized carbons (Fsp3) is 0.133. The maximum absolute atomic E-state index is 11.4. The number of cyclic esters (lactones) is 1. The van der Waals surface area contributed by atoms with Gasteiger partial charge in [-0.25, -0.2) is 4.79 Å². The maximum atomic E-state index is 11.4. The van der Waals surface area contributed by atoms with Gasteiger partial charge in [0.1, 0.15) is 0 Å². The minimum atomic E-state index is -0.182. The first-order valence-electron chi connectivity index (χ1n) is 5.70. The molecule has 0 radical (unpaired) electrons. The Hall–Kier alpha value is -2.09. The number of hydrogen-bond donors (Lipinski definition) is 0. The summed E-state index contributed by atoms with van der Waals surface area (Å²) in [6, 6.07) is 14.3. The van der Waals surface area contributed by atoms with E-state index in [1.807, 2.05) is 30.3 Å². The number of esters is 1. The second-order valence-corrected chi connectivity index (χ2v) is 4.12. The highest BCUT2D eigenvalue weighted by molar-refractivity contribution is 5.99. The molecule has 0 unspecified atom stereocenters. The minimum absolute atomic E-state index is 0.182. The summed E-state index contributed by atoms with van der Waals surface area (Å²) < 4.78 is 4.94. The number of carbonyl (C=O) groups is 1. The standard InChI is InChI=1S/C15H12O2/c16-15-13(8-9-17-15)10-12-6-3-5-11-4-1-2-7-14(11)12/h1-7,10H,8-9H2/b13-10-. The average Bonchev–Trinajstić information content (AvgIpc) is 2.76. The molecule has 1 fully saturated rings. The van der Waals surface area contributed by atoms with Crippen molar-refractivity contribution in [2.24, 2.45) is 0 Å². The van der Waals surface area contributed by atoms with Crippen molar-refractivity contribution < 1.29 is 9.53 Å². The molecule has 1 heterocycles. The van der Waals surface area contributed by atoms with Crippen molar-refractivity contribution in [3.63, 3.8) is 0 Å². The summed E-state index contributed by atoms with van der Waals surface area (Å²) in [5.74, 6) is -0.182.